The molecule has 19 heavy (non-hydrogen) atoms. The average Bonchev–Trinajstić information content (AvgIpc) is 2.41. The van der Waals surface area contributed by atoms with Crippen LogP contribution in [-0.4, -0.2) is 46.7 Å². The van der Waals surface area contributed by atoms with Gasteiger partial charge in [-0.1, -0.05) is 12.1 Å². The van der Waals surface area contributed by atoms with Gasteiger partial charge in [-0.3, -0.25) is 0 Å². The van der Waals surface area contributed by atoms with Crippen LogP contribution in [0.25, 0.3) is 0 Å². The first-order valence-electron chi connectivity index (χ1n) is 6.78. The Bertz CT molecular complexity index is 331. The molecule has 4 nitrogen and oxygen atoms in total. The molecule has 0 spiro atoms. The second-order valence-electron chi connectivity index (χ2n) is 4.37. The smallest absolute Gasteiger partial charge is 0.0700 e. The molecule has 1 rings (SSSR count). The third-order valence-corrected chi connectivity index (χ3v) is 2.60. The third-order valence-electron chi connectivity index (χ3n) is 2.60. The van der Waals surface area contributed by atoms with E-state index in [2.05, 4.69) is 36.5 Å². The van der Waals surface area contributed by atoms with Crippen LogP contribution in [0.3, 0.4) is 0 Å². The van der Waals surface area contributed by atoms with Crippen molar-refractivity contribution in [1.82, 2.24) is 0 Å². The van der Waals surface area contributed by atoms with Crippen LogP contribution in [0.2, 0.25) is 0 Å². The van der Waals surface area contributed by atoms with Crippen molar-refractivity contribution in [2.75, 3.05) is 52.0 Å². The van der Waals surface area contributed by atoms with Crippen molar-refractivity contribution in [1.29, 1.82) is 0 Å². The Balaban J connectivity index is 1.89. The predicted molar refractivity (Wildman–Crippen MR) is 77.8 cm³/mol. The molecule has 0 aliphatic rings. The average molecular weight is 267 g/mol. The van der Waals surface area contributed by atoms with Gasteiger partial charge in [-0.05, 0) is 31.0 Å². The fraction of sp³-hybridized carbons (Fsp3) is 0.600. The first-order chi connectivity index (χ1) is 9.33. The Hall–Kier alpha value is -1.10. The highest BCUT2D eigenvalue weighted by Crippen LogP contribution is 2.08. The van der Waals surface area contributed by atoms with Gasteiger partial charge in [0.05, 0.1) is 19.8 Å². The highest BCUT2D eigenvalue weighted by Gasteiger charge is 1.93. The molecule has 0 saturated carbocycles. The zero-order valence-corrected chi connectivity index (χ0v) is 12.0. The molecule has 0 bridgehead atoms. The van der Waals surface area contributed by atoms with Gasteiger partial charge in [-0.15, -0.1) is 0 Å². The van der Waals surface area contributed by atoms with Gasteiger partial charge in [0.15, 0.2) is 0 Å². The summed E-state index contributed by atoms with van der Waals surface area (Å²) < 4.78 is 15.7. The molecule has 0 unspecified atom stereocenters. The van der Waals surface area contributed by atoms with E-state index in [1.807, 2.05) is 0 Å². The molecule has 0 aliphatic heterocycles. The number of ether oxygens (including phenoxy) is 3. The summed E-state index contributed by atoms with van der Waals surface area (Å²) in [6.45, 7) is 6.41. The number of rotatable bonds is 11. The third kappa shape index (κ3) is 8.59. The lowest BCUT2D eigenvalue weighted by Crippen LogP contribution is -2.11. The van der Waals surface area contributed by atoms with E-state index in [0.29, 0.717) is 19.8 Å². The normalized spacial score (nSPS) is 10.6. The minimum absolute atomic E-state index is 0.654. The van der Waals surface area contributed by atoms with E-state index in [9.17, 15) is 0 Å². The molecular formula is C15H25NO3. The lowest BCUT2D eigenvalue weighted by Gasteiger charge is -2.08. The molecular weight excluding hydrogens is 242 g/mol. The summed E-state index contributed by atoms with van der Waals surface area (Å²) >= 11 is 0. The van der Waals surface area contributed by atoms with Gasteiger partial charge >= 0.3 is 0 Å². The summed E-state index contributed by atoms with van der Waals surface area (Å²) in [4.78, 5) is 0. The summed E-state index contributed by atoms with van der Waals surface area (Å²) in [6.07, 6.45) is 0.925. The van der Waals surface area contributed by atoms with Crippen LogP contribution in [0, 0.1) is 6.92 Å². The summed E-state index contributed by atoms with van der Waals surface area (Å²) in [6, 6.07) is 8.33. The second-order valence-corrected chi connectivity index (χ2v) is 4.37. The molecule has 0 fully saturated rings. The molecule has 0 saturated heterocycles. The molecule has 0 amide bonds. The van der Waals surface area contributed by atoms with Crippen LogP contribution < -0.4 is 5.32 Å². The first-order valence-corrected chi connectivity index (χ1v) is 6.78. The molecule has 1 aromatic rings. The zero-order valence-electron chi connectivity index (χ0n) is 12.0. The Morgan fingerprint density at radius 2 is 1.79 bits per heavy atom. The molecule has 108 valence electrons. The summed E-state index contributed by atoms with van der Waals surface area (Å²) in [5.41, 5.74) is 2.41. The van der Waals surface area contributed by atoms with E-state index in [4.69, 9.17) is 14.2 Å². The number of benzene rings is 1. The van der Waals surface area contributed by atoms with E-state index in [0.717, 1.165) is 31.9 Å². The minimum atomic E-state index is 0.654. The monoisotopic (exact) mass is 267 g/mol. The van der Waals surface area contributed by atoms with Crippen LogP contribution in [0.15, 0.2) is 24.3 Å². The van der Waals surface area contributed by atoms with E-state index in [1.165, 1.54) is 5.56 Å². The van der Waals surface area contributed by atoms with Gasteiger partial charge < -0.3 is 19.5 Å². The van der Waals surface area contributed by atoms with Crippen molar-refractivity contribution in [3.05, 3.63) is 29.8 Å². The summed E-state index contributed by atoms with van der Waals surface area (Å²) in [7, 11) is 1.67. The topological polar surface area (TPSA) is 39.7 Å². The number of aryl methyl sites for hydroxylation is 1. The van der Waals surface area contributed by atoms with Gasteiger partial charge in [0.2, 0.25) is 0 Å². The molecule has 4 heteroatoms. The first kappa shape index (κ1) is 16.0. The van der Waals surface area contributed by atoms with Crippen molar-refractivity contribution in [2.45, 2.75) is 13.3 Å². The summed E-state index contributed by atoms with van der Waals surface area (Å²) in [5.74, 6) is 0. The number of hydrogen-bond donors (Lipinski definition) is 1. The Labute approximate surface area is 116 Å². The zero-order chi connectivity index (χ0) is 13.8. The second kappa shape index (κ2) is 10.8. The highest BCUT2D eigenvalue weighted by atomic mass is 16.5. The molecule has 0 atom stereocenters. The number of methoxy groups -OCH3 is 1. The SMILES string of the molecule is COCCOCCCOCCNc1cccc(C)c1. The maximum absolute atomic E-state index is 5.52. The Morgan fingerprint density at radius 3 is 2.53 bits per heavy atom. The van der Waals surface area contributed by atoms with Crippen LogP contribution in [0.1, 0.15) is 12.0 Å². The van der Waals surface area contributed by atoms with Gasteiger partial charge in [-0.25, -0.2) is 0 Å². The predicted octanol–water partition coefficient (Wildman–Crippen LogP) is 2.48. The highest BCUT2D eigenvalue weighted by molar-refractivity contribution is 5.45. The van der Waals surface area contributed by atoms with Crippen molar-refractivity contribution in [3.63, 3.8) is 0 Å². The number of hydrogen-bond acceptors (Lipinski definition) is 4. The quantitative estimate of drug-likeness (QED) is 0.625. The molecule has 1 N–H and O–H groups in total. The van der Waals surface area contributed by atoms with E-state index in [1.54, 1.807) is 7.11 Å². The molecule has 0 aromatic heterocycles. The van der Waals surface area contributed by atoms with Crippen molar-refractivity contribution < 1.29 is 14.2 Å². The van der Waals surface area contributed by atoms with E-state index in [-0.39, 0.29) is 0 Å². The fourth-order valence-electron chi connectivity index (χ4n) is 1.63. The standard InChI is InChI=1S/C15H25NO3/c1-14-5-3-6-15(13-14)16-7-10-18-8-4-9-19-12-11-17-2/h3,5-6,13,16H,4,7-12H2,1-2H3. The Morgan fingerprint density at radius 1 is 1.00 bits per heavy atom. The lowest BCUT2D eigenvalue weighted by molar-refractivity contribution is 0.0529. The number of nitrogens with one attached hydrogen (secondary N) is 1. The lowest BCUT2D eigenvalue weighted by atomic mass is 10.2. The van der Waals surface area contributed by atoms with Gasteiger partial charge in [0, 0.05) is 32.6 Å². The number of anilines is 1. The van der Waals surface area contributed by atoms with Crippen LogP contribution in [-0.2, 0) is 14.2 Å². The minimum Gasteiger partial charge on any atom is -0.383 e. The van der Waals surface area contributed by atoms with Crippen LogP contribution in [0.5, 0.6) is 0 Å². The Kier molecular flexibility index (Phi) is 9.06. The van der Waals surface area contributed by atoms with Crippen molar-refractivity contribution in [3.8, 4) is 0 Å². The van der Waals surface area contributed by atoms with Crippen LogP contribution in [0.4, 0.5) is 5.69 Å². The molecule has 0 aliphatic carbocycles. The maximum atomic E-state index is 5.52. The summed E-state index contributed by atoms with van der Waals surface area (Å²) in [5, 5.41) is 3.33. The molecule has 1 aromatic carbocycles. The fourth-order valence-corrected chi connectivity index (χ4v) is 1.63. The van der Waals surface area contributed by atoms with Gasteiger partial charge in [-0.2, -0.15) is 0 Å². The van der Waals surface area contributed by atoms with Crippen LogP contribution >= 0.6 is 0 Å². The van der Waals surface area contributed by atoms with Crippen molar-refractivity contribution in [2.24, 2.45) is 0 Å². The van der Waals surface area contributed by atoms with Crippen molar-refractivity contribution >= 4 is 5.69 Å². The van der Waals surface area contributed by atoms with Gasteiger partial charge in [0.25, 0.3) is 0 Å². The van der Waals surface area contributed by atoms with E-state index < -0.39 is 0 Å². The largest absolute Gasteiger partial charge is 0.383 e. The molecule has 0 radical (unpaired) electrons. The van der Waals surface area contributed by atoms with E-state index >= 15 is 0 Å². The molecule has 0 heterocycles. The maximum Gasteiger partial charge on any atom is 0.0700 e. The van der Waals surface area contributed by atoms with Gasteiger partial charge in [0.1, 0.15) is 0 Å².